The maximum atomic E-state index is 13.8. The molecule has 35 heavy (non-hydrogen) atoms. The Morgan fingerprint density at radius 3 is 2.40 bits per heavy atom. The minimum atomic E-state index is -4.50. The highest BCUT2D eigenvalue weighted by atomic mass is 19.4. The van der Waals surface area contributed by atoms with Crippen molar-refractivity contribution >= 4 is 5.97 Å². The maximum absolute atomic E-state index is 13.8. The SMILES string of the molecule is CCOC(=O)[C@H]1C[C@@H]1c1ccc(O[C@@H]2CCc3c2ccc(C(F)(F)F)c3-c2ccc(O)cc2)cc1. The number of alkyl halides is 3. The quantitative estimate of drug-likeness (QED) is 0.392. The Kier molecular flexibility index (Phi) is 5.95. The number of esters is 1. The Morgan fingerprint density at radius 2 is 1.74 bits per heavy atom. The van der Waals surface area contributed by atoms with Crippen molar-refractivity contribution in [3.63, 3.8) is 0 Å². The van der Waals surface area contributed by atoms with Gasteiger partial charge in [0.1, 0.15) is 17.6 Å². The molecule has 4 nitrogen and oxygen atoms in total. The summed E-state index contributed by atoms with van der Waals surface area (Å²) in [4.78, 5) is 11.9. The molecule has 1 saturated carbocycles. The summed E-state index contributed by atoms with van der Waals surface area (Å²) in [6.07, 6.45) is -3.06. The van der Waals surface area contributed by atoms with Gasteiger partial charge in [0.2, 0.25) is 0 Å². The van der Waals surface area contributed by atoms with Crippen LogP contribution in [0.2, 0.25) is 0 Å². The van der Waals surface area contributed by atoms with E-state index in [2.05, 4.69) is 0 Å². The molecule has 2 aliphatic rings. The number of aromatic hydroxyl groups is 1. The normalized spacial score (nSPS) is 20.9. The average Bonchev–Trinajstić information content (AvgIpc) is 3.54. The van der Waals surface area contributed by atoms with Crippen molar-refractivity contribution in [2.75, 3.05) is 6.61 Å². The van der Waals surface area contributed by atoms with Crippen LogP contribution in [-0.4, -0.2) is 17.7 Å². The van der Waals surface area contributed by atoms with Gasteiger partial charge in [-0.3, -0.25) is 4.79 Å². The molecule has 1 N–H and O–H groups in total. The van der Waals surface area contributed by atoms with Crippen LogP contribution < -0.4 is 4.74 Å². The minimum Gasteiger partial charge on any atom is -0.508 e. The van der Waals surface area contributed by atoms with E-state index < -0.39 is 11.7 Å². The Morgan fingerprint density at radius 1 is 1.03 bits per heavy atom. The molecule has 3 aromatic carbocycles. The van der Waals surface area contributed by atoms with E-state index in [0.29, 0.717) is 36.3 Å². The molecule has 0 spiro atoms. The van der Waals surface area contributed by atoms with Gasteiger partial charge in [-0.2, -0.15) is 13.2 Å². The van der Waals surface area contributed by atoms with Gasteiger partial charge in [0, 0.05) is 0 Å². The predicted molar refractivity (Wildman–Crippen MR) is 124 cm³/mol. The number of hydrogen-bond acceptors (Lipinski definition) is 4. The van der Waals surface area contributed by atoms with Crippen molar-refractivity contribution < 1.29 is 32.5 Å². The maximum Gasteiger partial charge on any atom is 0.417 e. The molecule has 1 fully saturated rings. The first kappa shape index (κ1) is 23.3. The molecular formula is C28H25F3O4. The molecule has 5 rings (SSSR count). The van der Waals surface area contributed by atoms with E-state index in [1.807, 2.05) is 24.3 Å². The van der Waals surface area contributed by atoms with Gasteiger partial charge >= 0.3 is 12.1 Å². The van der Waals surface area contributed by atoms with Crippen molar-refractivity contribution in [1.29, 1.82) is 0 Å². The molecular weight excluding hydrogens is 457 g/mol. The number of phenolic OH excluding ortho intramolecular Hbond substituents is 1. The summed E-state index contributed by atoms with van der Waals surface area (Å²) in [6, 6.07) is 16.0. The summed E-state index contributed by atoms with van der Waals surface area (Å²) in [5, 5.41) is 9.59. The second-order valence-electron chi connectivity index (χ2n) is 9.02. The van der Waals surface area contributed by atoms with Gasteiger partial charge in [-0.25, -0.2) is 0 Å². The lowest BCUT2D eigenvalue weighted by Gasteiger charge is -2.19. The van der Waals surface area contributed by atoms with Gasteiger partial charge in [-0.15, -0.1) is 0 Å². The van der Waals surface area contributed by atoms with Crippen LogP contribution in [0.15, 0.2) is 60.7 Å². The summed E-state index contributed by atoms with van der Waals surface area (Å²) in [5.74, 6) is 0.530. The fraction of sp³-hybridized carbons (Fsp3) is 0.321. The van der Waals surface area contributed by atoms with E-state index in [9.17, 15) is 23.1 Å². The number of hydrogen-bond donors (Lipinski definition) is 1. The average molecular weight is 482 g/mol. The third-order valence-electron chi connectivity index (χ3n) is 6.78. The zero-order chi connectivity index (χ0) is 24.7. The predicted octanol–water partition coefficient (Wildman–Crippen LogP) is 6.81. The van der Waals surface area contributed by atoms with E-state index in [4.69, 9.17) is 9.47 Å². The largest absolute Gasteiger partial charge is 0.508 e. The summed E-state index contributed by atoms with van der Waals surface area (Å²) in [5.41, 5.74) is 2.30. The Labute approximate surface area is 201 Å². The lowest BCUT2D eigenvalue weighted by Crippen LogP contribution is -2.10. The van der Waals surface area contributed by atoms with Crippen molar-refractivity contribution in [2.45, 2.75) is 44.4 Å². The highest BCUT2D eigenvalue weighted by Crippen LogP contribution is 2.49. The first-order valence-corrected chi connectivity index (χ1v) is 11.7. The fourth-order valence-electron chi connectivity index (χ4n) is 5.01. The van der Waals surface area contributed by atoms with Gasteiger partial charge in [0.15, 0.2) is 0 Å². The molecule has 182 valence electrons. The van der Waals surface area contributed by atoms with Gasteiger partial charge in [0.25, 0.3) is 0 Å². The molecule has 0 saturated heterocycles. The first-order chi connectivity index (χ1) is 16.8. The van der Waals surface area contributed by atoms with Crippen molar-refractivity contribution in [3.8, 4) is 22.6 Å². The Bertz CT molecular complexity index is 1230. The lowest BCUT2D eigenvalue weighted by atomic mass is 9.91. The van der Waals surface area contributed by atoms with Crippen LogP contribution >= 0.6 is 0 Å². The summed E-state index contributed by atoms with van der Waals surface area (Å²) >= 11 is 0. The number of ether oxygens (including phenoxy) is 2. The summed E-state index contributed by atoms with van der Waals surface area (Å²) < 4.78 is 52.8. The monoisotopic (exact) mass is 482 g/mol. The van der Waals surface area contributed by atoms with Crippen LogP contribution in [0.5, 0.6) is 11.5 Å². The fourth-order valence-corrected chi connectivity index (χ4v) is 5.01. The molecule has 0 aliphatic heterocycles. The standard InChI is InChI=1S/C28H25F3O4/c1-2-34-27(33)23-15-22(23)16-5-9-19(10-6-16)35-25-14-12-21-20(25)11-13-24(28(29,30)31)26(21)17-3-7-18(32)8-4-17/h3-11,13,22-23,25,32H,2,12,14-15H2,1H3/t22-,23+,25-/m1/s1. The molecule has 2 aliphatic carbocycles. The molecule has 0 radical (unpaired) electrons. The van der Waals surface area contributed by atoms with Crippen LogP contribution in [-0.2, 0) is 22.1 Å². The summed E-state index contributed by atoms with van der Waals surface area (Å²) in [7, 11) is 0. The molecule has 0 heterocycles. The topological polar surface area (TPSA) is 55.8 Å². The van der Waals surface area contributed by atoms with Crippen molar-refractivity contribution in [1.82, 2.24) is 0 Å². The molecule has 0 amide bonds. The molecule has 3 aromatic rings. The summed E-state index contributed by atoms with van der Waals surface area (Å²) in [6.45, 7) is 2.16. The third-order valence-corrected chi connectivity index (χ3v) is 6.78. The second-order valence-corrected chi connectivity index (χ2v) is 9.02. The first-order valence-electron chi connectivity index (χ1n) is 11.7. The number of rotatable bonds is 6. The van der Waals surface area contributed by atoms with Gasteiger partial charge in [-0.05, 0) is 90.3 Å². The lowest BCUT2D eigenvalue weighted by molar-refractivity contribution is -0.144. The van der Waals surface area contributed by atoms with E-state index >= 15 is 0 Å². The van der Waals surface area contributed by atoms with E-state index in [0.717, 1.165) is 23.6 Å². The number of fused-ring (bicyclic) bond motifs is 1. The number of carbonyl (C=O) groups excluding carboxylic acids is 1. The number of phenols is 1. The third kappa shape index (κ3) is 4.59. The highest BCUT2D eigenvalue weighted by molar-refractivity contribution is 5.77. The van der Waals surface area contributed by atoms with Crippen LogP contribution in [0.25, 0.3) is 11.1 Å². The van der Waals surface area contributed by atoms with Gasteiger partial charge in [-0.1, -0.05) is 30.3 Å². The molecule has 7 heteroatoms. The highest BCUT2D eigenvalue weighted by Gasteiger charge is 2.45. The Balaban J connectivity index is 1.38. The van der Waals surface area contributed by atoms with Crippen molar-refractivity contribution in [2.24, 2.45) is 5.92 Å². The molecule has 0 aromatic heterocycles. The number of carbonyl (C=O) groups is 1. The Hall–Kier alpha value is -3.48. The van der Waals surface area contributed by atoms with Crippen LogP contribution in [0.3, 0.4) is 0 Å². The van der Waals surface area contributed by atoms with Crippen LogP contribution in [0.4, 0.5) is 13.2 Å². The van der Waals surface area contributed by atoms with E-state index in [1.54, 1.807) is 6.92 Å². The van der Waals surface area contributed by atoms with Crippen LogP contribution in [0, 0.1) is 5.92 Å². The van der Waals surface area contributed by atoms with Crippen LogP contribution in [0.1, 0.15) is 54.0 Å². The van der Waals surface area contributed by atoms with E-state index in [-0.39, 0.29) is 35.2 Å². The van der Waals surface area contributed by atoms with E-state index in [1.165, 1.54) is 30.3 Å². The van der Waals surface area contributed by atoms with Gasteiger partial charge in [0.05, 0.1) is 18.1 Å². The van der Waals surface area contributed by atoms with Gasteiger partial charge < -0.3 is 14.6 Å². The molecule has 0 unspecified atom stereocenters. The number of benzene rings is 3. The zero-order valence-electron chi connectivity index (χ0n) is 19.1. The molecule has 0 bridgehead atoms. The zero-order valence-corrected chi connectivity index (χ0v) is 19.1. The second kappa shape index (κ2) is 8.95. The minimum absolute atomic E-state index is 0.000633. The number of halogens is 3. The molecule has 3 atom stereocenters. The van der Waals surface area contributed by atoms with Crippen molar-refractivity contribution in [3.05, 3.63) is 82.9 Å². The smallest absolute Gasteiger partial charge is 0.417 e.